The van der Waals surface area contributed by atoms with Crippen molar-refractivity contribution in [1.29, 1.82) is 0 Å². The first-order valence-electron chi connectivity index (χ1n) is 1.55. The summed E-state index contributed by atoms with van der Waals surface area (Å²) in [7, 11) is 1.57. The van der Waals surface area contributed by atoms with Gasteiger partial charge in [0.2, 0.25) is 0 Å². The Morgan fingerprint density at radius 1 is 1.67 bits per heavy atom. The van der Waals surface area contributed by atoms with Crippen molar-refractivity contribution in [1.82, 2.24) is 0 Å². The molecule has 0 heterocycles. The first kappa shape index (κ1) is 9.37. The van der Waals surface area contributed by atoms with E-state index in [4.69, 9.17) is 5.73 Å². The van der Waals surface area contributed by atoms with E-state index in [2.05, 4.69) is 4.74 Å². The van der Waals surface area contributed by atoms with Crippen LogP contribution in [-0.2, 0) is 4.74 Å². The molecule has 0 aliphatic heterocycles. The van der Waals surface area contributed by atoms with E-state index in [-0.39, 0.29) is 14.6 Å². The maximum Gasteiger partial charge on any atom is 0.102 e. The van der Waals surface area contributed by atoms with Crippen molar-refractivity contribution in [2.45, 2.75) is 13.2 Å². The van der Waals surface area contributed by atoms with Crippen molar-refractivity contribution in [2.75, 3.05) is 7.11 Å². The summed E-state index contributed by atoms with van der Waals surface area (Å²) >= 11 is 0. The second-order valence-electron chi connectivity index (χ2n) is 0.941. The van der Waals surface area contributed by atoms with Crippen LogP contribution in [0.5, 0.6) is 0 Å². The lowest BCUT2D eigenvalue weighted by Crippen LogP contribution is -2.15. The van der Waals surface area contributed by atoms with Crippen molar-refractivity contribution < 1.29 is 4.74 Å². The lowest BCUT2D eigenvalue weighted by atomic mass is 10.7. The molecular weight excluding hydrogens is 76.9 g/mol. The summed E-state index contributed by atoms with van der Waals surface area (Å²) in [5, 5.41) is 0. The molecule has 0 aliphatic carbocycles. The van der Waals surface area contributed by atoms with Gasteiger partial charge in [0, 0.05) is 7.11 Å². The molecule has 0 aromatic carbocycles. The summed E-state index contributed by atoms with van der Waals surface area (Å²) in [6, 6.07) is 0. The van der Waals surface area contributed by atoms with Gasteiger partial charge in [-0.1, -0.05) is 0 Å². The van der Waals surface area contributed by atoms with Gasteiger partial charge in [0.1, 0.15) is 6.23 Å². The second-order valence-corrected chi connectivity index (χ2v) is 0.941. The first-order valence-corrected chi connectivity index (χ1v) is 1.55. The Labute approximate surface area is 40.2 Å². The van der Waals surface area contributed by atoms with Crippen LogP contribution < -0.4 is 5.73 Å². The predicted octanol–water partition coefficient (Wildman–Crippen LogP) is -1.25. The van der Waals surface area contributed by atoms with E-state index in [0.717, 1.165) is 0 Å². The zero-order valence-electron chi connectivity index (χ0n) is 3.56. The molecule has 1 unspecified atom stereocenters. The minimum absolute atomic E-state index is 0. The molecule has 0 aliphatic rings. The van der Waals surface area contributed by atoms with Crippen molar-refractivity contribution in [2.24, 2.45) is 5.73 Å². The van der Waals surface area contributed by atoms with Gasteiger partial charge in [-0.3, -0.25) is 0 Å². The topological polar surface area (TPSA) is 35.2 Å². The molecule has 38 valence electrons. The van der Waals surface area contributed by atoms with E-state index in [9.17, 15) is 0 Å². The van der Waals surface area contributed by atoms with E-state index in [0.29, 0.717) is 0 Å². The molecular formula is C3H12BNO. The number of hydrogen-bond donors (Lipinski definition) is 1. The smallest absolute Gasteiger partial charge is 0.102 e. The molecule has 0 rings (SSSR count). The SMILES string of the molecule is B.COC(C)N. The molecule has 2 N–H and O–H groups in total. The fraction of sp³-hybridized carbons (Fsp3) is 1.00. The second kappa shape index (κ2) is 4.98. The highest BCUT2D eigenvalue weighted by Gasteiger charge is 1.78. The Bertz CT molecular complexity index is 24.8. The van der Waals surface area contributed by atoms with Crippen LogP contribution in [0.1, 0.15) is 6.92 Å². The zero-order chi connectivity index (χ0) is 4.28. The van der Waals surface area contributed by atoms with Gasteiger partial charge in [0.15, 0.2) is 0 Å². The van der Waals surface area contributed by atoms with Gasteiger partial charge in [-0.2, -0.15) is 0 Å². The standard InChI is InChI=1S/C3H9NO.BH3/c1-3(4)5-2;/h3H,4H2,1-2H3;1H3. The molecule has 0 aromatic heterocycles. The largest absolute Gasteiger partial charge is 0.367 e. The number of ether oxygens (including phenoxy) is 1. The Morgan fingerprint density at radius 2 is 1.83 bits per heavy atom. The van der Waals surface area contributed by atoms with Crippen molar-refractivity contribution in [3.63, 3.8) is 0 Å². The summed E-state index contributed by atoms with van der Waals surface area (Å²) < 4.78 is 4.53. The zero-order valence-corrected chi connectivity index (χ0v) is 3.56. The highest BCUT2D eigenvalue weighted by Crippen LogP contribution is 1.66. The molecule has 1 atom stereocenters. The van der Waals surface area contributed by atoms with E-state index in [1.165, 1.54) is 0 Å². The molecule has 0 aromatic rings. The molecule has 2 nitrogen and oxygen atoms in total. The maximum atomic E-state index is 5.07. The number of methoxy groups -OCH3 is 1. The molecule has 0 amide bonds. The summed E-state index contributed by atoms with van der Waals surface area (Å²) in [6.45, 7) is 1.78. The number of rotatable bonds is 1. The lowest BCUT2D eigenvalue weighted by Gasteiger charge is -1.95. The van der Waals surface area contributed by atoms with E-state index < -0.39 is 0 Å². The Morgan fingerprint density at radius 3 is 1.83 bits per heavy atom. The average Bonchev–Trinajstić information content (AvgIpc) is 1.38. The van der Waals surface area contributed by atoms with Crippen LogP contribution in [0.25, 0.3) is 0 Å². The van der Waals surface area contributed by atoms with Crippen molar-refractivity contribution in [3.05, 3.63) is 0 Å². The third-order valence-corrected chi connectivity index (χ3v) is 0.372. The van der Waals surface area contributed by atoms with Gasteiger partial charge in [-0.15, -0.1) is 0 Å². The lowest BCUT2D eigenvalue weighted by molar-refractivity contribution is 0.124. The number of nitrogens with two attached hydrogens (primary N) is 1. The normalized spacial score (nSPS) is 12.5. The van der Waals surface area contributed by atoms with E-state index in [1.807, 2.05) is 0 Å². The Kier molecular flexibility index (Phi) is 7.78. The summed E-state index contributed by atoms with van der Waals surface area (Å²) in [5.74, 6) is 0. The Balaban J connectivity index is 0. The van der Waals surface area contributed by atoms with Crippen LogP contribution >= 0.6 is 0 Å². The Hall–Kier alpha value is -0.0151. The van der Waals surface area contributed by atoms with Crippen molar-refractivity contribution >= 4 is 8.41 Å². The molecule has 0 fully saturated rings. The quantitative estimate of drug-likeness (QED) is 0.322. The van der Waals surface area contributed by atoms with Crippen LogP contribution in [-0.4, -0.2) is 21.8 Å². The molecule has 0 spiro atoms. The van der Waals surface area contributed by atoms with E-state index >= 15 is 0 Å². The van der Waals surface area contributed by atoms with Crippen LogP contribution in [0.4, 0.5) is 0 Å². The van der Waals surface area contributed by atoms with Gasteiger partial charge in [0.25, 0.3) is 0 Å². The molecule has 0 bridgehead atoms. The third kappa shape index (κ3) is 9.01. The van der Waals surface area contributed by atoms with E-state index in [1.54, 1.807) is 14.0 Å². The fourth-order valence-electron chi connectivity index (χ4n) is 0. The molecule has 0 saturated heterocycles. The van der Waals surface area contributed by atoms with Crippen LogP contribution in [0.2, 0.25) is 0 Å². The highest BCUT2D eigenvalue weighted by atomic mass is 16.5. The van der Waals surface area contributed by atoms with Crippen LogP contribution in [0.3, 0.4) is 0 Å². The summed E-state index contributed by atoms with van der Waals surface area (Å²) in [6.07, 6.45) is -0.116. The minimum Gasteiger partial charge on any atom is -0.367 e. The van der Waals surface area contributed by atoms with Gasteiger partial charge in [0.05, 0.1) is 8.41 Å². The molecule has 6 heavy (non-hydrogen) atoms. The molecule has 3 heteroatoms. The van der Waals surface area contributed by atoms with Crippen molar-refractivity contribution in [3.8, 4) is 0 Å². The summed E-state index contributed by atoms with van der Waals surface area (Å²) in [5.41, 5.74) is 5.07. The molecule has 0 radical (unpaired) electrons. The fourth-order valence-corrected chi connectivity index (χ4v) is 0. The first-order chi connectivity index (χ1) is 2.27. The van der Waals surface area contributed by atoms with Gasteiger partial charge >= 0.3 is 0 Å². The van der Waals surface area contributed by atoms with Crippen LogP contribution in [0.15, 0.2) is 0 Å². The van der Waals surface area contributed by atoms with Crippen LogP contribution in [0, 0.1) is 0 Å². The summed E-state index contributed by atoms with van der Waals surface area (Å²) in [4.78, 5) is 0. The predicted molar refractivity (Wildman–Crippen MR) is 30.6 cm³/mol. The minimum atomic E-state index is -0.116. The average molecular weight is 88.9 g/mol. The van der Waals surface area contributed by atoms with Gasteiger partial charge < -0.3 is 10.5 Å². The van der Waals surface area contributed by atoms with Gasteiger partial charge in [-0.25, -0.2) is 0 Å². The maximum absolute atomic E-state index is 5.07. The highest BCUT2D eigenvalue weighted by molar-refractivity contribution is 5.75. The monoisotopic (exact) mass is 89.1 g/mol. The van der Waals surface area contributed by atoms with Gasteiger partial charge in [-0.05, 0) is 6.92 Å². The third-order valence-electron chi connectivity index (χ3n) is 0.372. The number of hydrogen-bond acceptors (Lipinski definition) is 2. The molecule has 0 saturated carbocycles.